The highest BCUT2D eigenvalue weighted by atomic mass is 32.1. The average molecular weight is 308 g/mol. The largest absolute Gasteiger partial charge is 0.454 e. The van der Waals surface area contributed by atoms with Crippen LogP contribution in [0.3, 0.4) is 0 Å². The van der Waals surface area contributed by atoms with Crippen LogP contribution in [0.4, 0.5) is 5.69 Å². The molecule has 0 bridgehead atoms. The van der Waals surface area contributed by atoms with Crippen LogP contribution in [0.5, 0.6) is 11.5 Å². The minimum atomic E-state index is -0.0708. The van der Waals surface area contributed by atoms with E-state index in [0.29, 0.717) is 5.11 Å². The predicted molar refractivity (Wildman–Crippen MR) is 90.1 cm³/mol. The predicted octanol–water partition coefficient (Wildman–Crippen LogP) is 3.92. The second-order valence-corrected chi connectivity index (χ2v) is 7.68. The van der Waals surface area contributed by atoms with E-state index in [1.54, 1.807) is 0 Å². The van der Waals surface area contributed by atoms with Crippen molar-refractivity contribution in [2.45, 2.75) is 46.6 Å². The molecule has 1 heterocycles. The van der Waals surface area contributed by atoms with Gasteiger partial charge >= 0.3 is 0 Å². The third kappa shape index (κ3) is 4.77. The van der Waals surface area contributed by atoms with E-state index in [2.05, 4.69) is 45.3 Å². The summed E-state index contributed by atoms with van der Waals surface area (Å²) in [7, 11) is 0. The molecule has 0 saturated carbocycles. The van der Waals surface area contributed by atoms with Crippen LogP contribution in [-0.2, 0) is 0 Å². The highest BCUT2D eigenvalue weighted by Gasteiger charge is 2.26. The molecule has 4 nitrogen and oxygen atoms in total. The number of thiocarbonyl (C=S) groups is 1. The van der Waals surface area contributed by atoms with Crippen LogP contribution in [0.25, 0.3) is 0 Å². The molecule has 0 atom stereocenters. The monoisotopic (exact) mass is 308 g/mol. The molecule has 0 aromatic heterocycles. The van der Waals surface area contributed by atoms with Crippen molar-refractivity contribution in [1.29, 1.82) is 0 Å². The minimum absolute atomic E-state index is 0.0708. The minimum Gasteiger partial charge on any atom is -0.454 e. The Kier molecular flexibility index (Phi) is 4.33. The lowest BCUT2D eigenvalue weighted by Crippen LogP contribution is -2.47. The van der Waals surface area contributed by atoms with Crippen molar-refractivity contribution in [3.05, 3.63) is 18.2 Å². The zero-order valence-electron chi connectivity index (χ0n) is 13.4. The molecule has 0 fully saturated rings. The number of benzene rings is 1. The van der Waals surface area contributed by atoms with Gasteiger partial charge in [0.2, 0.25) is 6.79 Å². The van der Waals surface area contributed by atoms with Crippen molar-refractivity contribution < 1.29 is 9.47 Å². The Hall–Kier alpha value is -1.49. The van der Waals surface area contributed by atoms with Crippen molar-refractivity contribution in [2.75, 3.05) is 12.1 Å². The van der Waals surface area contributed by atoms with Crippen LogP contribution >= 0.6 is 12.2 Å². The van der Waals surface area contributed by atoms with E-state index in [1.807, 2.05) is 18.2 Å². The molecule has 1 aromatic rings. The molecule has 21 heavy (non-hydrogen) atoms. The van der Waals surface area contributed by atoms with Gasteiger partial charge in [0, 0.05) is 17.3 Å². The van der Waals surface area contributed by atoms with Crippen LogP contribution in [0, 0.1) is 5.41 Å². The fourth-order valence-corrected chi connectivity index (χ4v) is 3.21. The zero-order chi connectivity index (χ0) is 15.7. The summed E-state index contributed by atoms with van der Waals surface area (Å²) in [4.78, 5) is 0. The van der Waals surface area contributed by atoms with Crippen molar-refractivity contribution in [2.24, 2.45) is 5.41 Å². The van der Waals surface area contributed by atoms with Crippen LogP contribution in [0.15, 0.2) is 18.2 Å². The topological polar surface area (TPSA) is 42.5 Å². The molecular weight excluding hydrogens is 284 g/mol. The van der Waals surface area contributed by atoms with Crippen molar-refractivity contribution in [1.82, 2.24) is 5.32 Å². The van der Waals surface area contributed by atoms with Gasteiger partial charge in [0.25, 0.3) is 0 Å². The van der Waals surface area contributed by atoms with Gasteiger partial charge in [0.15, 0.2) is 16.6 Å². The van der Waals surface area contributed by atoms with Crippen LogP contribution in [0.1, 0.15) is 41.0 Å². The Balaban J connectivity index is 1.95. The summed E-state index contributed by atoms with van der Waals surface area (Å²) in [6, 6.07) is 5.71. The molecule has 1 aliphatic rings. The van der Waals surface area contributed by atoms with Gasteiger partial charge in [-0.05, 0) is 50.0 Å². The van der Waals surface area contributed by atoms with E-state index >= 15 is 0 Å². The maximum absolute atomic E-state index is 5.41. The Morgan fingerprint density at radius 2 is 1.81 bits per heavy atom. The summed E-state index contributed by atoms with van der Waals surface area (Å²) in [5, 5.41) is 7.19. The van der Waals surface area contributed by atoms with Gasteiger partial charge in [-0.1, -0.05) is 20.8 Å². The Bertz CT molecular complexity index is 536. The second-order valence-electron chi connectivity index (χ2n) is 7.27. The number of rotatable bonds is 3. The Morgan fingerprint density at radius 1 is 1.14 bits per heavy atom. The second kappa shape index (κ2) is 5.72. The number of hydrogen-bond acceptors (Lipinski definition) is 3. The van der Waals surface area contributed by atoms with Gasteiger partial charge < -0.3 is 20.1 Å². The zero-order valence-corrected chi connectivity index (χ0v) is 14.2. The van der Waals surface area contributed by atoms with E-state index in [9.17, 15) is 0 Å². The molecule has 0 radical (unpaired) electrons. The molecule has 0 amide bonds. The molecule has 116 valence electrons. The molecule has 0 aliphatic carbocycles. The number of hydrogen-bond donors (Lipinski definition) is 2. The molecule has 0 unspecified atom stereocenters. The van der Waals surface area contributed by atoms with E-state index < -0.39 is 0 Å². The molecule has 1 aliphatic heterocycles. The summed E-state index contributed by atoms with van der Waals surface area (Å²) in [5.74, 6) is 1.52. The van der Waals surface area contributed by atoms with E-state index in [4.69, 9.17) is 21.7 Å². The normalized spacial score (nSPS) is 14.0. The fraction of sp³-hybridized carbons (Fsp3) is 0.562. The van der Waals surface area contributed by atoms with E-state index in [1.165, 1.54) is 0 Å². The van der Waals surface area contributed by atoms with Gasteiger partial charge in [-0.25, -0.2) is 0 Å². The summed E-state index contributed by atoms with van der Waals surface area (Å²) < 4.78 is 10.7. The number of nitrogens with one attached hydrogen (secondary N) is 2. The van der Waals surface area contributed by atoms with Crippen LogP contribution < -0.4 is 20.1 Å². The molecule has 5 heteroatoms. The molecule has 2 rings (SSSR count). The third-order valence-electron chi connectivity index (χ3n) is 3.05. The van der Waals surface area contributed by atoms with E-state index in [-0.39, 0.29) is 17.7 Å². The lowest BCUT2D eigenvalue weighted by molar-refractivity contribution is 0.174. The summed E-state index contributed by atoms with van der Waals surface area (Å²) in [6.45, 7) is 11.3. The molecule has 1 aromatic carbocycles. The molecule has 0 saturated heterocycles. The Morgan fingerprint density at radius 3 is 2.48 bits per heavy atom. The molecule has 0 spiro atoms. The van der Waals surface area contributed by atoms with Crippen molar-refractivity contribution in [3.8, 4) is 11.5 Å². The van der Waals surface area contributed by atoms with Gasteiger partial charge in [-0.2, -0.15) is 0 Å². The SMILES string of the molecule is CC(C)(C)CC(C)(C)NC(=S)Nc1ccc2c(c1)OCO2. The number of ether oxygens (including phenoxy) is 2. The van der Waals surface area contributed by atoms with Crippen molar-refractivity contribution in [3.63, 3.8) is 0 Å². The number of fused-ring (bicyclic) bond motifs is 1. The third-order valence-corrected chi connectivity index (χ3v) is 3.26. The average Bonchev–Trinajstić information content (AvgIpc) is 2.71. The fourth-order valence-electron chi connectivity index (χ4n) is 2.81. The summed E-state index contributed by atoms with van der Waals surface area (Å²) in [5.41, 5.74) is 1.06. The highest BCUT2D eigenvalue weighted by Crippen LogP contribution is 2.34. The Labute approximate surface area is 132 Å². The maximum Gasteiger partial charge on any atom is 0.231 e. The lowest BCUT2D eigenvalue weighted by atomic mass is 9.82. The van der Waals surface area contributed by atoms with Crippen LogP contribution in [-0.4, -0.2) is 17.4 Å². The molecular formula is C16H24N2O2S. The van der Waals surface area contributed by atoms with E-state index in [0.717, 1.165) is 23.6 Å². The quantitative estimate of drug-likeness (QED) is 0.829. The first kappa shape index (κ1) is 15.9. The first-order chi connectivity index (χ1) is 9.65. The van der Waals surface area contributed by atoms with Gasteiger partial charge in [-0.3, -0.25) is 0 Å². The highest BCUT2D eigenvalue weighted by molar-refractivity contribution is 7.80. The summed E-state index contributed by atoms with van der Waals surface area (Å²) >= 11 is 5.41. The molecule has 2 N–H and O–H groups in total. The van der Waals surface area contributed by atoms with Crippen LogP contribution in [0.2, 0.25) is 0 Å². The standard InChI is InChI=1S/C16H24N2O2S/c1-15(2,3)9-16(4,5)18-14(21)17-11-6-7-12-13(8-11)20-10-19-12/h6-8H,9-10H2,1-5H3,(H2,17,18,21). The van der Waals surface area contributed by atoms with Crippen molar-refractivity contribution >= 4 is 23.0 Å². The first-order valence-corrected chi connectivity index (χ1v) is 7.54. The number of anilines is 1. The maximum atomic E-state index is 5.41. The summed E-state index contributed by atoms with van der Waals surface area (Å²) in [6.07, 6.45) is 1.02. The smallest absolute Gasteiger partial charge is 0.231 e. The first-order valence-electron chi connectivity index (χ1n) is 7.13. The van der Waals surface area contributed by atoms with Gasteiger partial charge in [0.1, 0.15) is 0 Å². The lowest BCUT2D eigenvalue weighted by Gasteiger charge is -2.34. The van der Waals surface area contributed by atoms with Gasteiger partial charge in [0.05, 0.1) is 0 Å². The van der Waals surface area contributed by atoms with Gasteiger partial charge in [-0.15, -0.1) is 0 Å².